The van der Waals surface area contributed by atoms with Crippen LogP contribution in [-0.4, -0.2) is 15.9 Å². The smallest absolute Gasteiger partial charge is 0.368 e. The van der Waals surface area contributed by atoms with Crippen LogP contribution >= 0.6 is 0 Å². The van der Waals surface area contributed by atoms with Crippen molar-refractivity contribution in [3.8, 4) is 11.1 Å². The summed E-state index contributed by atoms with van der Waals surface area (Å²) in [6.45, 7) is 0. The zero-order valence-electron chi connectivity index (χ0n) is 16.0. The number of hydrogen-bond acceptors (Lipinski definition) is 4. The van der Waals surface area contributed by atoms with Gasteiger partial charge in [-0.05, 0) is 48.0 Å². The van der Waals surface area contributed by atoms with E-state index >= 15 is 0 Å². The zero-order valence-corrected chi connectivity index (χ0v) is 16.0. The number of nitrogen functional groups attached to an aromatic ring is 1. The number of aromatic nitrogens is 2. The van der Waals surface area contributed by atoms with Crippen LogP contribution in [0, 0.1) is 11.6 Å². The second-order valence-corrected chi connectivity index (χ2v) is 6.82. The van der Waals surface area contributed by atoms with Gasteiger partial charge in [0.25, 0.3) is 5.91 Å². The highest BCUT2D eigenvalue weighted by Gasteiger charge is 2.35. The second-order valence-electron chi connectivity index (χ2n) is 6.82. The van der Waals surface area contributed by atoms with Crippen molar-refractivity contribution in [2.75, 3.05) is 11.1 Å². The Hall–Kier alpha value is -4.08. The van der Waals surface area contributed by atoms with Crippen LogP contribution in [0.3, 0.4) is 0 Å². The molecule has 0 fully saturated rings. The van der Waals surface area contributed by atoms with Gasteiger partial charge in [-0.25, -0.2) is 18.7 Å². The van der Waals surface area contributed by atoms with Crippen LogP contribution in [0.2, 0.25) is 0 Å². The van der Waals surface area contributed by atoms with Crippen LogP contribution in [0.4, 0.5) is 33.6 Å². The molecule has 10 heteroatoms. The number of anilines is 2. The fourth-order valence-electron chi connectivity index (χ4n) is 3.16. The molecule has 1 heterocycles. The Bertz CT molecular complexity index is 1350. The van der Waals surface area contributed by atoms with Crippen LogP contribution in [-0.2, 0) is 6.18 Å². The number of hydrogen-bond donors (Lipinski definition) is 2. The van der Waals surface area contributed by atoms with E-state index in [9.17, 15) is 26.7 Å². The van der Waals surface area contributed by atoms with Crippen molar-refractivity contribution < 1.29 is 26.7 Å². The molecular weight excluding hydrogens is 431 g/mol. The Kier molecular flexibility index (Phi) is 5.21. The Balaban J connectivity index is 1.67. The summed E-state index contributed by atoms with van der Waals surface area (Å²) in [4.78, 5) is 20.4. The molecule has 1 aromatic heterocycles. The minimum atomic E-state index is -4.95. The number of halogens is 5. The highest BCUT2D eigenvalue weighted by atomic mass is 19.4. The lowest BCUT2D eigenvalue weighted by Gasteiger charge is -2.12. The molecule has 32 heavy (non-hydrogen) atoms. The van der Waals surface area contributed by atoms with Gasteiger partial charge >= 0.3 is 6.18 Å². The maximum absolute atomic E-state index is 14.5. The van der Waals surface area contributed by atoms with Crippen molar-refractivity contribution >= 4 is 28.4 Å². The number of nitrogens with two attached hydrogens (primary N) is 1. The van der Waals surface area contributed by atoms with Crippen LogP contribution in [0.25, 0.3) is 22.0 Å². The third-order valence-electron chi connectivity index (χ3n) is 4.68. The summed E-state index contributed by atoms with van der Waals surface area (Å²) >= 11 is 0. The molecule has 0 aliphatic carbocycles. The number of nitrogens with zero attached hydrogens (tertiary/aromatic N) is 2. The Morgan fingerprint density at radius 2 is 1.78 bits per heavy atom. The fraction of sp³-hybridized carbons (Fsp3) is 0.0455. The molecule has 0 saturated heterocycles. The lowest BCUT2D eigenvalue weighted by Crippen LogP contribution is -2.17. The highest BCUT2D eigenvalue weighted by Crippen LogP contribution is 2.33. The van der Waals surface area contributed by atoms with Gasteiger partial charge in [0.2, 0.25) is 5.95 Å². The highest BCUT2D eigenvalue weighted by molar-refractivity contribution is 6.05. The molecule has 4 rings (SSSR count). The molecule has 162 valence electrons. The van der Waals surface area contributed by atoms with E-state index in [0.29, 0.717) is 22.5 Å². The number of alkyl halides is 3. The molecule has 0 unspecified atom stereocenters. The minimum absolute atomic E-state index is 0.0665. The molecule has 0 saturated carbocycles. The van der Waals surface area contributed by atoms with Gasteiger partial charge in [-0.15, -0.1) is 0 Å². The van der Waals surface area contributed by atoms with Gasteiger partial charge in [0, 0.05) is 22.8 Å². The van der Waals surface area contributed by atoms with Crippen molar-refractivity contribution in [3.05, 3.63) is 83.6 Å². The molecule has 5 nitrogen and oxygen atoms in total. The SMILES string of the molecule is Nc1ncc2cc(-c3cc(NC(=O)c4cccc(C(F)(F)F)c4F)ccc3F)ccc2n1. The van der Waals surface area contributed by atoms with E-state index in [4.69, 9.17) is 5.73 Å². The first kappa shape index (κ1) is 21.2. The van der Waals surface area contributed by atoms with Crippen LogP contribution in [0.5, 0.6) is 0 Å². The molecule has 1 amide bonds. The summed E-state index contributed by atoms with van der Waals surface area (Å²) in [5.74, 6) is -3.31. The van der Waals surface area contributed by atoms with Crippen LogP contribution in [0.15, 0.2) is 60.8 Å². The molecule has 0 aliphatic rings. The zero-order chi connectivity index (χ0) is 23.0. The molecule has 0 radical (unpaired) electrons. The van der Waals surface area contributed by atoms with Gasteiger partial charge < -0.3 is 11.1 Å². The summed E-state index contributed by atoms with van der Waals surface area (Å²) in [7, 11) is 0. The number of nitrogens with one attached hydrogen (secondary N) is 1. The van der Waals surface area contributed by atoms with E-state index in [-0.39, 0.29) is 17.2 Å². The van der Waals surface area contributed by atoms with E-state index < -0.39 is 34.8 Å². The van der Waals surface area contributed by atoms with E-state index in [1.54, 1.807) is 18.2 Å². The quantitative estimate of drug-likeness (QED) is 0.413. The lowest BCUT2D eigenvalue weighted by atomic mass is 10.0. The van der Waals surface area contributed by atoms with Crippen molar-refractivity contribution in [1.82, 2.24) is 9.97 Å². The number of rotatable bonds is 3. The summed E-state index contributed by atoms with van der Waals surface area (Å²) in [5.41, 5.74) is 4.36. The maximum atomic E-state index is 14.5. The van der Waals surface area contributed by atoms with E-state index in [2.05, 4.69) is 15.3 Å². The number of carbonyl (C=O) groups is 1. The average molecular weight is 444 g/mol. The predicted octanol–water partition coefficient (Wildman–Crippen LogP) is 5.43. The molecule has 3 N–H and O–H groups in total. The van der Waals surface area contributed by atoms with Gasteiger partial charge in [-0.2, -0.15) is 13.2 Å². The first-order valence-corrected chi connectivity index (χ1v) is 9.13. The van der Waals surface area contributed by atoms with Crippen molar-refractivity contribution in [2.24, 2.45) is 0 Å². The molecule has 3 aromatic carbocycles. The van der Waals surface area contributed by atoms with E-state index in [1.807, 2.05) is 0 Å². The summed E-state index contributed by atoms with van der Waals surface area (Å²) in [6, 6.07) is 10.8. The van der Waals surface area contributed by atoms with Gasteiger partial charge in [0.1, 0.15) is 11.6 Å². The van der Waals surface area contributed by atoms with Crippen molar-refractivity contribution in [2.45, 2.75) is 6.18 Å². The number of fused-ring (bicyclic) bond motifs is 1. The van der Waals surface area contributed by atoms with Gasteiger partial charge in [-0.3, -0.25) is 4.79 Å². The third-order valence-corrected chi connectivity index (χ3v) is 4.68. The van der Waals surface area contributed by atoms with Crippen LogP contribution in [0.1, 0.15) is 15.9 Å². The van der Waals surface area contributed by atoms with E-state index in [1.165, 1.54) is 18.3 Å². The Morgan fingerprint density at radius 3 is 2.53 bits per heavy atom. The molecule has 4 aromatic rings. The molecule has 0 atom stereocenters. The Labute approximate surface area is 177 Å². The van der Waals surface area contributed by atoms with Gasteiger partial charge in [-0.1, -0.05) is 12.1 Å². The van der Waals surface area contributed by atoms with Gasteiger partial charge in [0.05, 0.1) is 16.6 Å². The maximum Gasteiger partial charge on any atom is 0.419 e. The molecular formula is C22H13F5N4O. The first-order chi connectivity index (χ1) is 15.1. The molecule has 0 spiro atoms. The minimum Gasteiger partial charge on any atom is -0.368 e. The summed E-state index contributed by atoms with van der Waals surface area (Å²) < 4.78 is 67.4. The number of carbonyl (C=O) groups excluding carboxylic acids is 1. The third kappa shape index (κ3) is 4.07. The van der Waals surface area contributed by atoms with Gasteiger partial charge in [0.15, 0.2) is 0 Å². The standard InChI is InChI=1S/C22H13F5N4O/c23-17-6-5-13(30-20(32)14-2-1-3-16(19(14)24)22(25,26)27)9-15(17)11-4-7-18-12(8-11)10-29-21(28)31-18/h1-10H,(H,30,32)(H2,28,29,31). The molecule has 0 bridgehead atoms. The van der Waals surface area contributed by atoms with Crippen molar-refractivity contribution in [1.29, 1.82) is 0 Å². The summed E-state index contributed by atoms with van der Waals surface area (Å²) in [6.07, 6.45) is -3.48. The fourth-order valence-corrected chi connectivity index (χ4v) is 3.16. The second kappa shape index (κ2) is 7.88. The molecule has 0 aliphatic heterocycles. The van der Waals surface area contributed by atoms with E-state index in [0.717, 1.165) is 18.2 Å². The largest absolute Gasteiger partial charge is 0.419 e. The first-order valence-electron chi connectivity index (χ1n) is 9.13. The lowest BCUT2D eigenvalue weighted by molar-refractivity contribution is -0.140. The summed E-state index contributed by atoms with van der Waals surface area (Å²) in [5, 5.41) is 2.90. The normalized spacial score (nSPS) is 11.5. The predicted molar refractivity (Wildman–Crippen MR) is 109 cm³/mol. The van der Waals surface area contributed by atoms with Crippen molar-refractivity contribution in [3.63, 3.8) is 0 Å². The number of benzene rings is 3. The van der Waals surface area contributed by atoms with Crippen LogP contribution < -0.4 is 11.1 Å². The Morgan fingerprint density at radius 1 is 1.00 bits per heavy atom. The monoisotopic (exact) mass is 444 g/mol. The topological polar surface area (TPSA) is 80.9 Å². The number of amides is 1. The average Bonchev–Trinajstić information content (AvgIpc) is 2.74.